The largest absolute Gasteiger partial charge is 0.328 e. The fraction of sp³-hybridized carbons (Fsp3) is 0. The minimum atomic E-state index is -2.77. The van der Waals surface area contributed by atoms with Crippen molar-refractivity contribution in [1.82, 2.24) is 9.13 Å². The van der Waals surface area contributed by atoms with E-state index in [1.165, 1.54) is 76.5 Å². The van der Waals surface area contributed by atoms with Crippen LogP contribution >= 0.6 is 0 Å². The van der Waals surface area contributed by atoms with Gasteiger partial charge in [0.2, 0.25) is 0 Å². The van der Waals surface area contributed by atoms with Crippen molar-refractivity contribution in [3.8, 4) is 11.4 Å². The minimum absolute atomic E-state index is 1.23. The summed E-state index contributed by atoms with van der Waals surface area (Å²) in [4.78, 5) is 0. The number of halogens is 2. The predicted octanol–water partition coefficient (Wildman–Crippen LogP) is 12.1. The standard InChI is InChI=1S/2C21H14N.2FH.Zr/c2*1-2-8-16-14-17(13-15(16)7-1)22-20-11-5-3-9-18(20)19-10-4-6-12-21(19)22;;;/h2*1-14H;2*1H;/q2*-1;;;+4/p-2. The van der Waals surface area contributed by atoms with Gasteiger partial charge in [0.1, 0.15) is 0 Å². The van der Waals surface area contributed by atoms with Crippen LogP contribution in [0.2, 0.25) is 0 Å². The average Bonchev–Trinajstić information content (AvgIpc) is 3.89. The summed E-state index contributed by atoms with van der Waals surface area (Å²) in [6.45, 7) is 0. The van der Waals surface area contributed by atoms with Crippen LogP contribution in [0.5, 0.6) is 0 Å². The van der Waals surface area contributed by atoms with E-state index in [0.717, 1.165) is 0 Å². The molecule has 0 fully saturated rings. The summed E-state index contributed by atoms with van der Waals surface area (Å²) >= 11 is -2.77. The van der Waals surface area contributed by atoms with Crippen molar-refractivity contribution in [2.45, 2.75) is 0 Å². The monoisotopic (exact) mass is 688 g/mol. The molecule has 0 amide bonds. The van der Waals surface area contributed by atoms with Gasteiger partial charge in [-0.15, -0.1) is 82.2 Å². The number of hydrogen-bond acceptors (Lipinski definition) is 0. The van der Waals surface area contributed by atoms with E-state index in [1.54, 1.807) is 0 Å². The Hall–Kier alpha value is -5.12. The Kier molecular flexibility index (Phi) is 7.84. The van der Waals surface area contributed by atoms with Crippen LogP contribution in [0.3, 0.4) is 0 Å². The first-order valence-electron chi connectivity index (χ1n) is 15.5. The van der Waals surface area contributed by atoms with Gasteiger partial charge >= 0.3 is 29.7 Å². The Balaban J connectivity index is 0.000000128. The van der Waals surface area contributed by atoms with E-state index in [-0.39, 0.29) is 0 Å². The molecule has 2 heterocycles. The van der Waals surface area contributed by atoms with Gasteiger partial charge in [0.05, 0.1) is 22.1 Å². The van der Waals surface area contributed by atoms with Crippen molar-refractivity contribution in [2.75, 3.05) is 0 Å². The molecule has 8 aromatic carbocycles. The molecule has 0 saturated heterocycles. The molecule has 5 heteroatoms. The molecule has 0 N–H and O–H groups in total. The third kappa shape index (κ3) is 5.21. The van der Waals surface area contributed by atoms with Gasteiger partial charge in [-0.05, 0) is 35.6 Å². The second kappa shape index (κ2) is 12.6. The van der Waals surface area contributed by atoms with E-state index >= 15 is 0 Å². The normalized spacial score (nSPS) is 11.1. The second-order valence-electron chi connectivity index (χ2n) is 11.5. The summed E-state index contributed by atoms with van der Waals surface area (Å²) in [5.74, 6) is 0. The SMILES string of the molecule is [F][Zr+2][F].c1ccc2[cH-]c(-n3c4ccccc4c4ccccc43)cc2c1.c1ccc2[cH-]c(-n3c4ccccc4c4ccccc43)cc2c1. The first kappa shape index (κ1) is 29.3. The van der Waals surface area contributed by atoms with Gasteiger partial charge < -0.3 is 9.13 Å². The van der Waals surface area contributed by atoms with Gasteiger partial charge in [0.15, 0.2) is 0 Å². The van der Waals surface area contributed by atoms with Gasteiger partial charge in [0, 0.05) is 21.5 Å². The molecule has 10 rings (SSSR count). The third-order valence-electron chi connectivity index (χ3n) is 8.88. The third-order valence-corrected chi connectivity index (χ3v) is 8.88. The Labute approximate surface area is 283 Å². The number of aromatic nitrogens is 2. The summed E-state index contributed by atoms with van der Waals surface area (Å²) in [6, 6.07) is 60.7. The molecule has 0 aliphatic carbocycles. The Morgan fingerprint density at radius 2 is 0.660 bits per heavy atom. The number of benzene rings is 6. The molecule has 224 valence electrons. The first-order chi connectivity index (χ1) is 23.2. The maximum atomic E-state index is 9.80. The van der Waals surface area contributed by atoms with Crippen LogP contribution < -0.4 is 0 Å². The summed E-state index contributed by atoms with van der Waals surface area (Å²) in [6.07, 6.45) is 0. The molecule has 2 aromatic heterocycles. The van der Waals surface area contributed by atoms with Crippen LogP contribution in [0.4, 0.5) is 5.25 Å². The van der Waals surface area contributed by atoms with Crippen LogP contribution in [0, 0.1) is 0 Å². The van der Waals surface area contributed by atoms with Gasteiger partial charge in [-0.2, -0.15) is 0 Å². The zero-order chi connectivity index (χ0) is 31.7. The van der Waals surface area contributed by atoms with Gasteiger partial charge in [-0.3, -0.25) is 0 Å². The first-order valence-corrected chi connectivity index (χ1v) is 17.4. The molecule has 47 heavy (non-hydrogen) atoms. The van der Waals surface area contributed by atoms with E-state index in [1.807, 2.05) is 0 Å². The van der Waals surface area contributed by atoms with Crippen LogP contribution in [0.25, 0.3) is 76.5 Å². The molecular formula is C42H28F2N2Zr. The average molecular weight is 690 g/mol. The molecule has 0 atom stereocenters. The number of fused-ring (bicyclic) bond motifs is 8. The zero-order valence-corrected chi connectivity index (χ0v) is 27.8. The number of hydrogen-bond donors (Lipinski definition) is 0. The molecule has 0 aliphatic rings. The van der Waals surface area contributed by atoms with E-state index in [4.69, 9.17) is 0 Å². The van der Waals surface area contributed by atoms with E-state index in [0.29, 0.717) is 0 Å². The van der Waals surface area contributed by atoms with Crippen molar-refractivity contribution >= 4 is 65.2 Å². The summed E-state index contributed by atoms with van der Waals surface area (Å²) in [7, 11) is 0. The minimum Gasteiger partial charge on any atom is -0.328 e. The summed E-state index contributed by atoms with van der Waals surface area (Å²) < 4.78 is 24.3. The van der Waals surface area contributed by atoms with Gasteiger partial charge in [0.25, 0.3) is 0 Å². The molecule has 0 radical (unpaired) electrons. The number of rotatable bonds is 2. The van der Waals surface area contributed by atoms with Crippen LogP contribution in [-0.2, 0) is 24.5 Å². The molecular weight excluding hydrogens is 662 g/mol. The van der Waals surface area contributed by atoms with Crippen molar-refractivity contribution in [2.24, 2.45) is 0 Å². The maximum Gasteiger partial charge on any atom is 0.0523 e. The Morgan fingerprint density at radius 3 is 0.979 bits per heavy atom. The molecule has 2 nitrogen and oxygen atoms in total. The Bertz CT molecular complexity index is 2300. The molecule has 0 bridgehead atoms. The Morgan fingerprint density at radius 1 is 0.383 bits per heavy atom. The van der Waals surface area contributed by atoms with Crippen LogP contribution in [0.1, 0.15) is 0 Å². The maximum absolute atomic E-state index is 9.80. The van der Waals surface area contributed by atoms with Gasteiger partial charge in [-0.1, -0.05) is 84.9 Å². The molecule has 0 aliphatic heterocycles. The van der Waals surface area contributed by atoms with Crippen LogP contribution in [0.15, 0.2) is 170 Å². The second-order valence-corrected chi connectivity index (χ2v) is 11.8. The molecule has 0 saturated carbocycles. The topological polar surface area (TPSA) is 9.86 Å². The smallest absolute Gasteiger partial charge is 0.0523 e. The zero-order valence-electron chi connectivity index (χ0n) is 25.3. The van der Waals surface area contributed by atoms with Crippen molar-refractivity contribution in [3.05, 3.63) is 170 Å². The van der Waals surface area contributed by atoms with Crippen molar-refractivity contribution in [3.63, 3.8) is 0 Å². The quantitative estimate of drug-likeness (QED) is 0.160. The molecule has 0 spiro atoms. The summed E-state index contributed by atoms with van der Waals surface area (Å²) in [5, 5.41) is 10.4. The van der Waals surface area contributed by atoms with Gasteiger partial charge in [-0.25, -0.2) is 0 Å². The van der Waals surface area contributed by atoms with Crippen LogP contribution in [-0.4, -0.2) is 9.13 Å². The molecule has 10 aromatic rings. The van der Waals surface area contributed by atoms with E-state index in [9.17, 15) is 5.25 Å². The van der Waals surface area contributed by atoms with Crippen molar-refractivity contribution in [1.29, 1.82) is 0 Å². The summed E-state index contributed by atoms with van der Waals surface area (Å²) in [5.41, 5.74) is 7.52. The number of para-hydroxylation sites is 4. The van der Waals surface area contributed by atoms with E-state index in [2.05, 4.69) is 179 Å². The van der Waals surface area contributed by atoms with E-state index < -0.39 is 24.5 Å². The fourth-order valence-corrected chi connectivity index (χ4v) is 6.93. The molecule has 0 unspecified atom stereocenters. The van der Waals surface area contributed by atoms with Crippen molar-refractivity contribution < 1.29 is 29.7 Å². The fourth-order valence-electron chi connectivity index (χ4n) is 6.93. The predicted molar refractivity (Wildman–Crippen MR) is 190 cm³/mol. The number of nitrogens with zero attached hydrogens (tertiary/aromatic N) is 2.